The Morgan fingerprint density at radius 2 is 2.00 bits per heavy atom. The summed E-state index contributed by atoms with van der Waals surface area (Å²) >= 11 is 0. The third kappa shape index (κ3) is 4.18. The van der Waals surface area contributed by atoms with Crippen LogP contribution in [0, 0.1) is 16.7 Å². The third-order valence-corrected chi connectivity index (χ3v) is 2.83. The second kappa shape index (κ2) is 5.81. The summed E-state index contributed by atoms with van der Waals surface area (Å²) in [7, 11) is 2.06. The molecule has 1 aromatic rings. The summed E-state index contributed by atoms with van der Waals surface area (Å²) in [5.74, 6) is 0. The van der Waals surface area contributed by atoms with Gasteiger partial charge >= 0.3 is 0 Å². The van der Waals surface area contributed by atoms with Gasteiger partial charge in [-0.15, -0.1) is 0 Å². The van der Waals surface area contributed by atoms with Gasteiger partial charge in [0.05, 0.1) is 11.6 Å². The molecule has 92 valence electrons. The van der Waals surface area contributed by atoms with Crippen LogP contribution in [-0.4, -0.2) is 25.0 Å². The van der Waals surface area contributed by atoms with Crippen LogP contribution in [0.3, 0.4) is 0 Å². The summed E-state index contributed by atoms with van der Waals surface area (Å²) < 4.78 is 0. The van der Waals surface area contributed by atoms with Gasteiger partial charge in [0.1, 0.15) is 0 Å². The van der Waals surface area contributed by atoms with Gasteiger partial charge in [0.25, 0.3) is 0 Å². The van der Waals surface area contributed by atoms with Gasteiger partial charge in [-0.05, 0) is 30.6 Å². The Balaban J connectivity index is 2.69. The van der Waals surface area contributed by atoms with Crippen molar-refractivity contribution in [2.75, 3.05) is 20.1 Å². The first-order valence-electron chi connectivity index (χ1n) is 5.85. The number of hydrogen-bond donors (Lipinski definition) is 1. The fourth-order valence-electron chi connectivity index (χ4n) is 1.91. The number of rotatable bonds is 5. The van der Waals surface area contributed by atoms with Crippen LogP contribution in [-0.2, 0) is 6.54 Å². The second-order valence-corrected chi connectivity index (χ2v) is 5.31. The van der Waals surface area contributed by atoms with Crippen LogP contribution in [0.1, 0.15) is 25.0 Å². The van der Waals surface area contributed by atoms with Crippen molar-refractivity contribution in [2.45, 2.75) is 20.4 Å². The Morgan fingerprint density at radius 3 is 2.59 bits per heavy atom. The van der Waals surface area contributed by atoms with Gasteiger partial charge in [0.2, 0.25) is 0 Å². The number of nitrogens with zero attached hydrogens (tertiary/aromatic N) is 2. The molecule has 1 rings (SSSR count). The lowest BCUT2D eigenvalue weighted by Crippen LogP contribution is -2.36. The molecule has 2 N–H and O–H groups in total. The Bertz CT molecular complexity index is 404. The van der Waals surface area contributed by atoms with Gasteiger partial charge in [-0.2, -0.15) is 5.26 Å². The maximum atomic E-state index is 9.02. The summed E-state index contributed by atoms with van der Waals surface area (Å²) in [5, 5.41) is 9.02. The van der Waals surface area contributed by atoms with E-state index in [1.807, 2.05) is 24.3 Å². The molecule has 0 aliphatic carbocycles. The Morgan fingerprint density at radius 1 is 1.35 bits per heavy atom. The van der Waals surface area contributed by atoms with E-state index in [-0.39, 0.29) is 5.41 Å². The molecule has 1 aromatic carbocycles. The molecule has 0 amide bonds. The highest BCUT2D eigenvalue weighted by Gasteiger charge is 2.18. The summed E-state index contributed by atoms with van der Waals surface area (Å²) in [6.07, 6.45) is 0. The molecule has 0 aliphatic rings. The Hall–Kier alpha value is -1.37. The average molecular weight is 231 g/mol. The van der Waals surface area contributed by atoms with E-state index in [9.17, 15) is 0 Å². The fourth-order valence-corrected chi connectivity index (χ4v) is 1.91. The monoisotopic (exact) mass is 231 g/mol. The molecular weight excluding hydrogens is 210 g/mol. The molecule has 0 heterocycles. The highest BCUT2D eigenvalue weighted by molar-refractivity contribution is 5.37. The Labute approximate surface area is 104 Å². The van der Waals surface area contributed by atoms with Gasteiger partial charge in [-0.3, -0.25) is 0 Å². The molecule has 0 saturated heterocycles. The minimum atomic E-state index is 0.107. The maximum Gasteiger partial charge on any atom is 0.0995 e. The van der Waals surface area contributed by atoms with Crippen molar-refractivity contribution in [1.29, 1.82) is 5.26 Å². The summed E-state index contributed by atoms with van der Waals surface area (Å²) in [6, 6.07) is 9.95. The molecule has 0 atom stereocenters. The molecule has 3 heteroatoms. The fraction of sp³-hybridized carbons (Fsp3) is 0.500. The molecule has 0 radical (unpaired) electrons. The SMILES string of the molecule is CN(Cc1ccccc1C#N)CC(C)(C)CN. The normalized spacial score (nSPS) is 11.5. The van der Waals surface area contributed by atoms with Crippen molar-refractivity contribution in [3.05, 3.63) is 35.4 Å². The number of nitriles is 1. The highest BCUT2D eigenvalue weighted by atomic mass is 15.1. The number of hydrogen-bond acceptors (Lipinski definition) is 3. The van der Waals surface area contributed by atoms with Crippen molar-refractivity contribution in [1.82, 2.24) is 4.90 Å². The van der Waals surface area contributed by atoms with Gasteiger partial charge in [-0.1, -0.05) is 32.0 Å². The molecule has 0 aromatic heterocycles. The molecular formula is C14H21N3. The van der Waals surface area contributed by atoms with E-state index in [0.717, 1.165) is 24.2 Å². The largest absolute Gasteiger partial charge is 0.330 e. The van der Waals surface area contributed by atoms with E-state index >= 15 is 0 Å². The molecule has 0 unspecified atom stereocenters. The standard InChI is InChI=1S/C14H21N3/c1-14(2,10-16)11-17(3)9-13-7-5-4-6-12(13)8-15/h4-7H,9-11,16H2,1-3H3. The minimum absolute atomic E-state index is 0.107. The Kier molecular flexibility index (Phi) is 4.68. The molecule has 0 bridgehead atoms. The van der Waals surface area contributed by atoms with Crippen LogP contribution >= 0.6 is 0 Å². The molecule has 3 nitrogen and oxygen atoms in total. The van der Waals surface area contributed by atoms with Gasteiger partial charge in [-0.25, -0.2) is 0 Å². The van der Waals surface area contributed by atoms with Gasteiger partial charge < -0.3 is 10.6 Å². The van der Waals surface area contributed by atoms with E-state index in [2.05, 4.69) is 31.9 Å². The molecule has 17 heavy (non-hydrogen) atoms. The lowest BCUT2D eigenvalue weighted by atomic mass is 9.93. The zero-order valence-electron chi connectivity index (χ0n) is 10.9. The van der Waals surface area contributed by atoms with Gasteiger partial charge in [0, 0.05) is 13.1 Å². The summed E-state index contributed by atoms with van der Waals surface area (Å²) in [4.78, 5) is 2.21. The van der Waals surface area contributed by atoms with E-state index in [4.69, 9.17) is 11.0 Å². The topological polar surface area (TPSA) is 53.0 Å². The molecule has 0 fully saturated rings. The first kappa shape index (κ1) is 13.7. The van der Waals surface area contributed by atoms with Crippen LogP contribution in [0.15, 0.2) is 24.3 Å². The highest BCUT2D eigenvalue weighted by Crippen LogP contribution is 2.16. The van der Waals surface area contributed by atoms with Crippen LogP contribution < -0.4 is 5.73 Å². The second-order valence-electron chi connectivity index (χ2n) is 5.31. The van der Waals surface area contributed by atoms with Crippen LogP contribution in [0.4, 0.5) is 0 Å². The van der Waals surface area contributed by atoms with E-state index in [1.54, 1.807) is 0 Å². The molecule has 0 spiro atoms. The zero-order chi connectivity index (χ0) is 12.9. The summed E-state index contributed by atoms with van der Waals surface area (Å²) in [5.41, 5.74) is 7.66. The van der Waals surface area contributed by atoms with Crippen LogP contribution in [0.5, 0.6) is 0 Å². The van der Waals surface area contributed by atoms with Crippen LogP contribution in [0.2, 0.25) is 0 Å². The number of benzene rings is 1. The van der Waals surface area contributed by atoms with Crippen molar-refractivity contribution < 1.29 is 0 Å². The lowest BCUT2D eigenvalue weighted by Gasteiger charge is -2.29. The predicted molar refractivity (Wildman–Crippen MR) is 70.3 cm³/mol. The van der Waals surface area contributed by atoms with Crippen molar-refractivity contribution >= 4 is 0 Å². The van der Waals surface area contributed by atoms with Crippen molar-refractivity contribution in [3.8, 4) is 6.07 Å². The first-order chi connectivity index (χ1) is 7.98. The maximum absolute atomic E-state index is 9.02. The lowest BCUT2D eigenvalue weighted by molar-refractivity contribution is 0.210. The third-order valence-electron chi connectivity index (χ3n) is 2.83. The zero-order valence-corrected chi connectivity index (χ0v) is 10.9. The number of nitrogens with two attached hydrogens (primary N) is 1. The predicted octanol–water partition coefficient (Wildman–Crippen LogP) is 1.97. The van der Waals surface area contributed by atoms with E-state index < -0.39 is 0 Å². The molecule has 0 aliphatic heterocycles. The van der Waals surface area contributed by atoms with Crippen LogP contribution in [0.25, 0.3) is 0 Å². The smallest absolute Gasteiger partial charge is 0.0995 e. The molecule has 0 saturated carbocycles. The quantitative estimate of drug-likeness (QED) is 0.843. The van der Waals surface area contributed by atoms with Crippen molar-refractivity contribution in [3.63, 3.8) is 0 Å². The summed E-state index contributed by atoms with van der Waals surface area (Å²) in [6.45, 7) is 6.67. The van der Waals surface area contributed by atoms with Crippen molar-refractivity contribution in [2.24, 2.45) is 11.1 Å². The average Bonchev–Trinajstić information content (AvgIpc) is 2.29. The van der Waals surface area contributed by atoms with E-state index in [1.165, 1.54) is 0 Å². The van der Waals surface area contributed by atoms with E-state index in [0.29, 0.717) is 6.54 Å². The van der Waals surface area contributed by atoms with Gasteiger partial charge in [0.15, 0.2) is 0 Å². The minimum Gasteiger partial charge on any atom is -0.330 e. The first-order valence-corrected chi connectivity index (χ1v) is 5.85.